The van der Waals surface area contributed by atoms with Crippen LogP contribution in [0.1, 0.15) is 17.1 Å². The maximum Gasteiger partial charge on any atom is 0.281 e. The maximum atomic E-state index is 11.9. The molecule has 0 amide bonds. The molecule has 8 heteroatoms. The van der Waals surface area contributed by atoms with Crippen LogP contribution < -0.4 is 4.72 Å². The molecule has 2 N–H and O–H groups in total. The van der Waals surface area contributed by atoms with Gasteiger partial charge >= 0.3 is 0 Å². The molecule has 0 bridgehead atoms. The monoisotopic (exact) mass is 256 g/mol. The highest BCUT2D eigenvalue weighted by Gasteiger charge is 2.20. The molecule has 92 valence electrons. The Kier molecular flexibility index (Phi) is 2.66. The summed E-state index contributed by atoms with van der Waals surface area (Å²) in [5.74, 6) is 0.644. The molecule has 0 aliphatic rings. The number of rotatable bonds is 3. The third-order valence-corrected chi connectivity index (χ3v) is 3.59. The molecular formula is C9H12N4O3S. The predicted octanol–water partition coefficient (Wildman–Crippen LogP) is 1.12. The van der Waals surface area contributed by atoms with Crippen molar-refractivity contribution < 1.29 is 12.9 Å². The van der Waals surface area contributed by atoms with Crippen molar-refractivity contribution >= 4 is 15.9 Å². The molecule has 0 fully saturated rings. The number of nitrogens with one attached hydrogen (secondary N) is 2. The van der Waals surface area contributed by atoms with E-state index in [2.05, 4.69) is 19.8 Å². The highest BCUT2D eigenvalue weighted by Crippen LogP contribution is 2.20. The van der Waals surface area contributed by atoms with Gasteiger partial charge in [0.15, 0.2) is 5.03 Å². The molecule has 0 spiro atoms. The van der Waals surface area contributed by atoms with Crippen LogP contribution in [0.4, 0.5) is 5.88 Å². The van der Waals surface area contributed by atoms with E-state index in [1.54, 1.807) is 20.8 Å². The number of imidazole rings is 1. The van der Waals surface area contributed by atoms with Gasteiger partial charge in [-0.2, -0.15) is 8.42 Å². The van der Waals surface area contributed by atoms with Crippen molar-refractivity contribution in [2.45, 2.75) is 25.8 Å². The molecule has 0 saturated carbocycles. The summed E-state index contributed by atoms with van der Waals surface area (Å²) >= 11 is 0. The molecular weight excluding hydrogens is 244 g/mol. The Morgan fingerprint density at radius 3 is 2.53 bits per heavy atom. The molecule has 2 aromatic rings. The Morgan fingerprint density at radius 2 is 2.06 bits per heavy atom. The van der Waals surface area contributed by atoms with Gasteiger partial charge in [0.1, 0.15) is 5.82 Å². The van der Waals surface area contributed by atoms with E-state index in [4.69, 9.17) is 4.52 Å². The van der Waals surface area contributed by atoms with Crippen LogP contribution in [-0.4, -0.2) is 23.5 Å². The summed E-state index contributed by atoms with van der Waals surface area (Å²) < 4.78 is 31.0. The summed E-state index contributed by atoms with van der Waals surface area (Å²) in [7, 11) is -3.70. The third-order valence-electron chi connectivity index (χ3n) is 2.35. The normalized spacial score (nSPS) is 11.7. The summed E-state index contributed by atoms with van der Waals surface area (Å²) in [5, 5.41) is 3.66. The second kappa shape index (κ2) is 3.88. The van der Waals surface area contributed by atoms with Crippen molar-refractivity contribution in [3.05, 3.63) is 23.3 Å². The van der Waals surface area contributed by atoms with Crippen LogP contribution in [0, 0.1) is 20.8 Å². The number of H-pyrrole nitrogens is 1. The van der Waals surface area contributed by atoms with Gasteiger partial charge in [-0.05, 0) is 20.8 Å². The smallest absolute Gasteiger partial charge is 0.281 e. The van der Waals surface area contributed by atoms with Crippen molar-refractivity contribution in [2.75, 3.05) is 4.72 Å². The zero-order chi connectivity index (χ0) is 12.6. The van der Waals surface area contributed by atoms with E-state index < -0.39 is 10.0 Å². The van der Waals surface area contributed by atoms with E-state index in [0.717, 1.165) is 0 Å². The summed E-state index contributed by atoms with van der Waals surface area (Å²) in [6.07, 6.45) is 1.25. The third kappa shape index (κ3) is 2.16. The minimum atomic E-state index is -3.70. The Hall–Kier alpha value is -1.83. The lowest BCUT2D eigenvalue weighted by atomic mass is 10.3. The first-order valence-electron chi connectivity index (χ1n) is 4.87. The van der Waals surface area contributed by atoms with Crippen molar-refractivity contribution in [3.8, 4) is 0 Å². The van der Waals surface area contributed by atoms with Gasteiger partial charge in [-0.1, -0.05) is 5.16 Å². The Balaban J connectivity index is 2.33. The number of aromatic amines is 1. The number of hydrogen-bond acceptors (Lipinski definition) is 5. The van der Waals surface area contributed by atoms with Gasteiger partial charge in [0.05, 0.1) is 11.9 Å². The fourth-order valence-electron chi connectivity index (χ4n) is 1.22. The van der Waals surface area contributed by atoms with Crippen LogP contribution in [0.25, 0.3) is 0 Å². The largest absolute Gasteiger partial charge is 0.337 e. The number of aromatic nitrogens is 3. The fraction of sp³-hybridized carbons (Fsp3) is 0.333. The molecule has 0 aliphatic heterocycles. The first-order valence-corrected chi connectivity index (χ1v) is 6.36. The lowest BCUT2D eigenvalue weighted by Gasteiger charge is -2.02. The summed E-state index contributed by atoms with van der Waals surface area (Å²) in [5.41, 5.74) is 1.30. The number of aryl methyl sites for hydroxylation is 2. The highest BCUT2D eigenvalue weighted by molar-refractivity contribution is 7.92. The molecule has 0 unspecified atom stereocenters. The van der Waals surface area contributed by atoms with E-state index >= 15 is 0 Å². The fourth-order valence-corrected chi connectivity index (χ4v) is 2.24. The number of sulfonamides is 1. The number of hydrogen-bond donors (Lipinski definition) is 2. The highest BCUT2D eigenvalue weighted by atomic mass is 32.2. The molecule has 0 aromatic carbocycles. The molecule has 17 heavy (non-hydrogen) atoms. The average molecular weight is 256 g/mol. The molecule has 0 radical (unpaired) electrons. The first-order chi connectivity index (χ1) is 7.90. The van der Waals surface area contributed by atoms with Gasteiger partial charge in [0.2, 0.25) is 5.88 Å². The summed E-state index contributed by atoms with van der Waals surface area (Å²) in [6, 6.07) is 0. The van der Waals surface area contributed by atoms with Gasteiger partial charge in [-0.15, -0.1) is 0 Å². The van der Waals surface area contributed by atoms with Gasteiger partial charge in [0.25, 0.3) is 10.0 Å². The zero-order valence-electron chi connectivity index (χ0n) is 9.60. The summed E-state index contributed by atoms with van der Waals surface area (Å²) in [4.78, 5) is 6.47. The molecule has 0 atom stereocenters. The molecule has 0 saturated heterocycles. The van der Waals surface area contributed by atoms with E-state index in [0.29, 0.717) is 17.1 Å². The first kappa shape index (κ1) is 11.6. The summed E-state index contributed by atoms with van der Waals surface area (Å²) in [6.45, 7) is 5.13. The molecule has 2 rings (SSSR count). The Bertz CT molecular complexity index is 641. The number of nitrogens with zero attached hydrogens (tertiary/aromatic N) is 2. The van der Waals surface area contributed by atoms with Crippen molar-refractivity contribution in [2.24, 2.45) is 0 Å². The molecule has 2 aromatic heterocycles. The molecule has 0 aliphatic carbocycles. The van der Waals surface area contributed by atoms with Gasteiger partial charge < -0.3 is 9.51 Å². The minimum Gasteiger partial charge on any atom is -0.337 e. The van der Waals surface area contributed by atoms with Crippen LogP contribution in [0.2, 0.25) is 0 Å². The van der Waals surface area contributed by atoms with Crippen LogP contribution in [0.3, 0.4) is 0 Å². The van der Waals surface area contributed by atoms with Crippen LogP contribution in [0.5, 0.6) is 0 Å². The van der Waals surface area contributed by atoms with Crippen LogP contribution >= 0.6 is 0 Å². The quantitative estimate of drug-likeness (QED) is 0.857. The standard InChI is InChI=1S/C9H12N4O3S/c1-5-6(2)12-16-9(5)13-17(14,15)8-4-10-7(3)11-8/h4,13H,1-3H3,(H,10,11). The van der Waals surface area contributed by atoms with Crippen molar-refractivity contribution in [3.63, 3.8) is 0 Å². The SMILES string of the molecule is Cc1ncc(S(=O)(=O)Nc2onc(C)c2C)[nH]1. The van der Waals surface area contributed by atoms with Crippen LogP contribution in [-0.2, 0) is 10.0 Å². The topological polar surface area (TPSA) is 101 Å². The Morgan fingerprint density at radius 1 is 1.35 bits per heavy atom. The predicted molar refractivity (Wildman–Crippen MR) is 60.1 cm³/mol. The molecule has 2 heterocycles. The van der Waals surface area contributed by atoms with Gasteiger partial charge in [-0.25, -0.2) is 9.71 Å². The minimum absolute atomic E-state index is 0.0107. The van der Waals surface area contributed by atoms with Gasteiger partial charge in [0, 0.05) is 5.56 Å². The molecule has 7 nitrogen and oxygen atoms in total. The lowest BCUT2D eigenvalue weighted by Crippen LogP contribution is -2.13. The van der Waals surface area contributed by atoms with Crippen LogP contribution in [0.15, 0.2) is 15.7 Å². The lowest BCUT2D eigenvalue weighted by molar-refractivity contribution is 0.430. The van der Waals surface area contributed by atoms with E-state index in [-0.39, 0.29) is 10.9 Å². The van der Waals surface area contributed by atoms with Gasteiger partial charge in [-0.3, -0.25) is 0 Å². The Labute approximate surface area is 98.3 Å². The average Bonchev–Trinajstić information content (AvgIpc) is 2.80. The maximum absolute atomic E-state index is 11.9. The second-order valence-electron chi connectivity index (χ2n) is 3.66. The van der Waals surface area contributed by atoms with E-state index in [9.17, 15) is 8.42 Å². The van der Waals surface area contributed by atoms with Crippen molar-refractivity contribution in [1.29, 1.82) is 0 Å². The number of anilines is 1. The van der Waals surface area contributed by atoms with Crippen molar-refractivity contribution in [1.82, 2.24) is 15.1 Å². The van der Waals surface area contributed by atoms with E-state index in [1.807, 2.05) is 0 Å². The van der Waals surface area contributed by atoms with E-state index in [1.165, 1.54) is 6.20 Å². The second-order valence-corrected chi connectivity index (χ2v) is 5.31. The zero-order valence-corrected chi connectivity index (χ0v) is 10.4.